The van der Waals surface area contributed by atoms with Gasteiger partial charge in [-0.1, -0.05) is 32.0 Å². The van der Waals surface area contributed by atoms with E-state index in [1.807, 2.05) is 44.2 Å². The highest BCUT2D eigenvalue weighted by atomic mass is 32.2. The van der Waals surface area contributed by atoms with Crippen molar-refractivity contribution in [2.45, 2.75) is 43.2 Å². The number of benzene rings is 2. The van der Waals surface area contributed by atoms with E-state index in [1.54, 1.807) is 37.7 Å². The molecule has 0 atom stereocenters. The van der Waals surface area contributed by atoms with E-state index in [0.717, 1.165) is 21.6 Å². The van der Waals surface area contributed by atoms with Crippen molar-refractivity contribution in [2.24, 2.45) is 0 Å². The first-order chi connectivity index (χ1) is 15.3. The van der Waals surface area contributed by atoms with Gasteiger partial charge in [-0.2, -0.15) is 4.31 Å². The third kappa shape index (κ3) is 5.26. The van der Waals surface area contributed by atoms with Gasteiger partial charge in [-0.15, -0.1) is 11.8 Å². The zero-order valence-corrected chi connectivity index (χ0v) is 20.3. The lowest BCUT2D eigenvalue weighted by Crippen LogP contribution is -2.30. The van der Waals surface area contributed by atoms with Crippen LogP contribution in [-0.2, 0) is 15.8 Å². The van der Waals surface area contributed by atoms with Crippen molar-refractivity contribution in [2.75, 3.05) is 18.4 Å². The first-order valence-corrected chi connectivity index (χ1v) is 12.9. The molecule has 1 aromatic heterocycles. The molecule has 1 heterocycles. The molecule has 1 N–H and O–H groups in total. The molecule has 0 unspecified atom stereocenters. The minimum absolute atomic E-state index is 0.166. The molecule has 2 aromatic carbocycles. The van der Waals surface area contributed by atoms with Crippen molar-refractivity contribution >= 4 is 33.4 Å². The Morgan fingerprint density at radius 1 is 1.06 bits per heavy atom. The smallest absolute Gasteiger partial charge is 0.291 e. The van der Waals surface area contributed by atoms with Gasteiger partial charge in [-0.3, -0.25) is 4.79 Å². The second-order valence-corrected chi connectivity index (χ2v) is 10.3. The summed E-state index contributed by atoms with van der Waals surface area (Å²) in [5, 5.41) is 2.85. The molecule has 170 valence electrons. The standard InChI is InChI=1S/C24H28N2O4S2/c1-5-26(6-2)32(28,29)21-14-17(3)18(4)22(15-21)25-24(27)23-19(12-13-30-23)16-31-20-10-8-7-9-11-20/h7-15H,5-6,16H2,1-4H3,(H,25,27). The van der Waals surface area contributed by atoms with Crippen molar-refractivity contribution in [1.82, 2.24) is 4.31 Å². The number of anilines is 1. The monoisotopic (exact) mass is 472 g/mol. The molecule has 0 fully saturated rings. The molecular formula is C24H28N2O4S2. The summed E-state index contributed by atoms with van der Waals surface area (Å²) in [4.78, 5) is 14.3. The van der Waals surface area contributed by atoms with Crippen LogP contribution in [-0.4, -0.2) is 31.7 Å². The lowest BCUT2D eigenvalue weighted by molar-refractivity contribution is 0.0995. The molecule has 0 saturated heterocycles. The van der Waals surface area contributed by atoms with Crippen LogP contribution in [0, 0.1) is 13.8 Å². The number of hydrogen-bond donors (Lipinski definition) is 1. The largest absolute Gasteiger partial charge is 0.459 e. The van der Waals surface area contributed by atoms with E-state index in [-0.39, 0.29) is 10.7 Å². The van der Waals surface area contributed by atoms with Crippen LogP contribution < -0.4 is 5.32 Å². The van der Waals surface area contributed by atoms with Gasteiger partial charge in [0, 0.05) is 35.0 Å². The van der Waals surface area contributed by atoms with Crippen molar-refractivity contribution in [3.63, 3.8) is 0 Å². The zero-order chi connectivity index (χ0) is 23.3. The molecule has 6 nitrogen and oxygen atoms in total. The van der Waals surface area contributed by atoms with Crippen molar-refractivity contribution in [3.05, 3.63) is 77.2 Å². The van der Waals surface area contributed by atoms with Crippen molar-refractivity contribution < 1.29 is 17.6 Å². The lowest BCUT2D eigenvalue weighted by atomic mass is 10.1. The van der Waals surface area contributed by atoms with Crippen LogP contribution in [0.25, 0.3) is 0 Å². The topological polar surface area (TPSA) is 79.6 Å². The summed E-state index contributed by atoms with van der Waals surface area (Å²) in [6.07, 6.45) is 1.50. The average molecular weight is 473 g/mol. The molecule has 0 spiro atoms. The molecule has 3 aromatic rings. The predicted octanol–water partition coefficient (Wildman–Crippen LogP) is 5.47. The summed E-state index contributed by atoms with van der Waals surface area (Å²) in [6.45, 7) is 8.05. The Hall–Kier alpha value is -2.55. The first-order valence-electron chi connectivity index (χ1n) is 10.4. The fraction of sp³-hybridized carbons (Fsp3) is 0.292. The number of nitrogens with zero attached hydrogens (tertiary/aromatic N) is 1. The van der Waals surface area contributed by atoms with E-state index < -0.39 is 15.9 Å². The molecule has 1 amide bonds. The Balaban J connectivity index is 1.84. The third-order valence-corrected chi connectivity index (χ3v) is 8.41. The molecular weight excluding hydrogens is 444 g/mol. The molecule has 0 aliphatic rings. The second-order valence-electron chi connectivity index (χ2n) is 7.33. The first kappa shape index (κ1) is 24.1. The maximum Gasteiger partial charge on any atom is 0.291 e. The Labute approximate surface area is 194 Å². The van der Waals surface area contributed by atoms with Gasteiger partial charge in [0.15, 0.2) is 5.76 Å². The number of carbonyl (C=O) groups excluding carboxylic acids is 1. The Kier molecular flexibility index (Phi) is 7.82. The minimum Gasteiger partial charge on any atom is -0.459 e. The molecule has 3 rings (SSSR count). The molecule has 32 heavy (non-hydrogen) atoms. The number of carbonyl (C=O) groups is 1. The summed E-state index contributed by atoms with van der Waals surface area (Å²) < 4.78 is 32.9. The molecule has 0 aliphatic carbocycles. The number of amides is 1. The van der Waals surface area contributed by atoms with Crippen LogP contribution in [0.3, 0.4) is 0 Å². The summed E-state index contributed by atoms with van der Waals surface area (Å²) >= 11 is 1.61. The number of sulfonamides is 1. The second kappa shape index (κ2) is 10.4. The number of hydrogen-bond acceptors (Lipinski definition) is 5. The van der Waals surface area contributed by atoms with Crippen LogP contribution in [0.5, 0.6) is 0 Å². The van der Waals surface area contributed by atoms with Gasteiger partial charge >= 0.3 is 0 Å². The average Bonchev–Trinajstić information content (AvgIpc) is 3.25. The fourth-order valence-corrected chi connectivity index (χ4v) is 5.79. The summed E-state index contributed by atoms with van der Waals surface area (Å²) in [6, 6.07) is 14.9. The lowest BCUT2D eigenvalue weighted by Gasteiger charge is -2.20. The molecule has 0 bridgehead atoms. The van der Waals surface area contributed by atoms with Gasteiger partial charge in [0.05, 0.1) is 11.2 Å². The van der Waals surface area contributed by atoms with Crippen LogP contribution in [0.1, 0.15) is 41.1 Å². The van der Waals surface area contributed by atoms with Gasteiger partial charge in [0.25, 0.3) is 5.91 Å². The SMILES string of the molecule is CCN(CC)S(=O)(=O)c1cc(C)c(C)c(NC(=O)c2occc2CSc2ccccc2)c1. The highest BCUT2D eigenvalue weighted by Gasteiger charge is 2.24. The van der Waals surface area contributed by atoms with Gasteiger partial charge in [-0.05, 0) is 55.3 Å². The summed E-state index contributed by atoms with van der Waals surface area (Å²) in [5.74, 6) is 0.401. The Morgan fingerprint density at radius 3 is 2.41 bits per heavy atom. The number of furan rings is 1. The van der Waals surface area contributed by atoms with Crippen LogP contribution in [0.4, 0.5) is 5.69 Å². The quantitative estimate of drug-likeness (QED) is 0.418. The van der Waals surface area contributed by atoms with Crippen LogP contribution >= 0.6 is 11.8 Å². The van der Waals surface area contributed by atoms with E-state index in [9.17, 15) is 13.2 Å². The minimum atomic E-state index is -3.64. The summed E-state index contributed by atoms with van der Waals surface area (Å²) in [5.41, 5.74) is 2.83. The third-order valence-electron chi connectivity index (χ3n) is 5.32. The Morgan fingerprint density at radius 2 is 1.75 bits per heavy atom. The van der Waals surface area contributed by atoms with Crippen LogP contribution in [0.2, 0.25) is 0 Å². The van der Waals surface area contributed by atoms with E-state index in [4.69, 9.17) is 4.42 Å². The van der Waals surface area contributed by atoms with E-state index in [2.05, 4.69) is 5.32 Å². The highest BCUT2D eigenvalue weighted by Crippen LogP contribution is 2.28. The van der Waals surface area contributed by atoms with E-state index in [1.165, 1.54) is 16.6 Å². The maximum atomic E-state index is 13.0. The normalized spacial score (nSPS) is 11.7. The van der Waals surface area contributed by atoms with Gasteiger partial charge < -0.3 is 9.73 Å². The van der Waals surface area contributed by atoms with E-state index >= 15 is 0 Å². The molecule has 0 aliphatic heterocycles. The van der Waals surface area contributed by atoms with Crippen molar-refractivity contribution in [1.29, 1.82) is 0 Å². The number of thioether (sulfide) groups is 1. The number of aryl methyl sites for hydroxylation is 1. The fourth-order valence-electron chi connectivity index (χ4n) is 3.32. The molecule has 8 heteroatoms. The summed E-state index contributed by atoms with van der Waals surface area (Å²) in [7, 11) is -3.64. The predicted molar refractivity (Wildman–Crippen MR) is 129 cm³/mol. The number of nitrogens with one attached hydrogen (secondary N) is 1. The molecule has 0 radical (unpaired) electrons. The van der Waals surface area contributed by atoms with E-state index in [0.29, 0.717) is 24.5 Å². The van der Waals surface area contributed by atoms with Crippen molar-refractivity contribution in [3.8, 4) is 0 Å². The van der Waals surface area contributed by atoms with Gasteiger partial charge in [-0.25, -0.2) is 8.42 Å². The Bertz CT molecular complexity index is 1180. The number of rotatable bonds is 9. The van der Waals surface area contributed by atoms with Gasteiger partial charge in [0.2, 0.25) is 10.0 Å². The zero-order valence-electron chi connectivity index (χ0n) is 18.7. The highest BCUT2D eigenvalue weighted by molar-refractivity contribution is 7.98. The molecule has 0 saturated carbocycles. The van der Waals surface area contributed by atoms with Gasteiger partial charge in [0.1, 0.15) is 0 Å². The maximum absolute atomic E-state index is 13.0. The van der Waals surface area contributed by atoms with Crippen LogP contribution in [0.15, 0.2) is 69.0 Å².